The third kappa shape index (κ3) is 1.79. The molecule has 20 heavy (non-hydrogen) atoms. The Morgan fingerprint density at radius 2 is 2.25 bits per heavy atom. The average Bonchev–Trinajstić information content (AvgIpc) is 3.07. The molecule has 2 saturated heterocycles. The number of hydrogen-bond donors (Lipinski definition) is 1. The topological polar surface area (TPSA) is 32.6 Å². The van der Waals surface area contributed by atoms with Gasteiger partial charge in [-0.05, 0) is 44.4 Å². The van der Waals surface area contributed by atoms with Crippen LogP contribution in [-0.2, 0) is 6.54 Å². The zero-order chi connectivity index (χ0) is 13.7. The molecular formula is C16H22N4. The molecule has 4 heterocycles. The highest BCUT2D eigenvalue weighted by atomic mass is 15.3. The van der Waals surface area contributed by atoms with Crippen LogP contribution in [0.3, 0.4) is 0 Å². The van der Waals surface area contributed by atoms with Gasteiger partial charge in [-0.2, -0.15) is 0 Å². The van der Waals surface area contributed by atoms with Crippen LogP contribution in [0.2, 0.25) is 0 Å². The van der Waals surface area contributed by atoms with Crippen molar-refractivity contribution in [1.82, 2.24) is 19.6 Å². The number of hydrogen-bond acceptors (Lipinski definition) is 3. The van der Waals surface area contributed by atoms with Gasteiger partial charge in [0.1, 0.15) is 5.65 Å². The van der Waals surface area contributed by atoms with Crippen LogP contribution in [0.15, 0.2) is 30.6 Å². The first-order valence-electron chi connectivity index (χ1n) is 7.53. The number of nitrogens with one attached hydrogen (secondary N) is 1. The number of imidazole rings is 1. The van der Waals surface area contributed by atoms with Gasteiger partial charge in [0.05, 0.1) is 5.69 Å². The van der Waals surface area contributed by atoms with Crippen molar-refractivity contribution in [3.8, 4) is 0 Å². The fraction of sp³-hybridized carbons (Fsp3) is 0.562. The van der Waals surface area contributed by atoms with Crippen LogP contribution >= 0.6 is 0 Å². The van der Waals surface area contributed by atoms with Gasteiger partial charge >= 0.3 is 0 Å². The Hall–Kier alpha value is -1.39. The van der Waals surface area contributed by atoms with E-state index in [0.29, 0.717) is 0 Å². The Morgan fingerprint density at radius 3 is 3.05 bits per heavy atom. The second-order valence-corrected chi connectivity index (χ2v) is 6.76. The summed E-state index contributed by atoms with van der Waals surface area (Å²) in [6.07, 6.45) is 4.23. The molecule has 2 atom stereocenters. The Morgan fingerprint density at radius 1 is 1.35 bits per heavy atom. The second-order valence-electron chi connectivity index (χ2n) is 6.76. The highest BCUT2D eigenvalue weighted by Crippen LogP contribution is 2.41. The minimum absolute atomic E-state index is 0.268. The lowest BCUT2D eigenvalue weighted by Gasteiger charge is -2.35. The summed E-state index contributed by atoms with van der Waals surface area (Å²) in [5.74, 6) is 1.58. The highest BCUT2D eigenvalue weighted by molar-refractivity contribution is 5.39. The highest BCUT2D eigenvalue weighted by Gasteiger charge is 2.49. The lowest BCUT2D eigenvalue weighted by molar-refractivity contribution is 0.130. The van der Waals surface area contributed by atoms with Crippen molar-refractivity contribution in [1.29, 1.82) is 0 Å². The lowest BCUT2D eigenvalue weighted by atomic mass is 9.85. The third-order valence-electron chi connectivity index (χ3n) is 5.28. The van der Waals surface area contributed by atoms with Crippen LogP contribution < -0.4 is 5.32 Å². The van der Waals surface area contributed by atoms with Gasteiger partial charge in [-0.3, -0.25) is 4.90 Å². The number of likely N-dealkylation sites (tertiary alicyclic amines) is 1. The average molecular weight is 270 g/mol. The first-order chi connectivity index (χ1) is 9.64. The summed E-state index contributed by atoms with van der Waals surface area (Å²) < 4.78 is 2.11. The quantitative estimate of drug-likeness (QED) is 0.902. The predicted molar refractivity (Wildman–Crippen MR) is 79.5 cm³/mol. The molecule has 0 aliphatic carbocycles. The van der Waals surface area contributed by atoms with E-state index in [9.17, 15) is 0 Å². The minimum atomic E-state index is 0.268. The van der Waals surface area contributed by atoms with Crippen LogP contribution in [0.5, 0.6) is 0 Å². The summed E-state index contributed by atoms with van der Waals surface area (Å²) in [5.41, 5.74) is 2.49. The number of aromatic nitrogens is 2. The van der Waals surface area contributed by atoms with Crippen molar-refractivity contribution >= 4 is 5.65 Å². The molecule has 0 aromatic carbocycles. The summed E-state index contributed by atoms with van der Waals surface area (Å²) >= 11 is 0. The van der Waals surface area contributed by atoms with Gasteiger partial charge in [0.25, 0.3) is 0 Å². The molecule has 0 bridgehead atoms. The van der Waals surface area contributed by atoms with E-state index in [1.165, 1.54) is 25.3 Å². The van der Waals surface area contributed by atoms with E-state index >= 15 is 0 Å². The fourth-order valence-corrected chi connectivity index (χ4v) is 4.03. The van der Waals surface area contributed by atoms with Crippen molar-refractivity contribution < 1.29 is 0 Å². The van der Waals surface area contributed by atoms with E-state index in [-0.39, 0.29) is 5.54 Å². The molecule has 0 amide bonds. The lowest BCUT2D eigenvalue weighted by Crippen LogP contribution is -2.43. The van der Waals surface area contributed by atoms with Gasteiger partial charge in [0.2, 0.25) is 0 Å². The Balaban J connectivity index is 1.59. The fourth-order valence-electron chi connectivity index (χ4n) is 4.03. The van der Waals surface area contributed by atoms with Gasteiger partial charge in [-0.25, -0.2) is 4.98 Å². The summed E-state index contributed by atoms with van der Waals surface area (Å²) in [4.78, 5) is 7.36. The molecule has 2 aliphatic heterocycles. The van der Waals surface area contributed by atoms with E-state index in [1.807, 2.05) is 12.1 Å². The zero-order valence-corrected chi connectivity index (χ0v) is 12.2. The molecule has 4 nitrogen and oxygen atoms in total. The molecule has 0 spiro atoms. The molecule has 0 radical (unpaired) electrons. The normalized spacial score (nSPS) is 29.1. The van der Waals surface area contributed by atoms with Crippen LogP contribution in [-0.4, -0.2) is 39.5 Å². The molecule has 2 aliphatic rings. The maximum atomic E-state index is 4.74. The Kier molecular flexibility index (Phi) is 2.66. The smallest absolute Gasteiger partial charge is 0.137 e. The molecule has 0 saturated carbocycles. The zero-order valence-electron chi connectivity index (χ0n) is 12.2. The van der Waals surface area contributed by atoms with Crippen molar-refractivity contribution in [3.05, 3.63) is 36.3 Å². The largest absolute Gasteiger partial charge is 0.316 e. The van der Waals surface area contributed by atoms with Crippen LogP contribution in [0.1, 0.15) is 19.5 Å². The molecule has 4 rings (SSSR count). The maximum Gasteiger partial charge on any atom is 0.137 e. The molecule has 4 heteroatoms. The summed E-state index contributed by atoms with van der Waals surface area (Å²) in [7, 11) is 0. The number of nitrogens with zero attached hydrogens (tertiary/aromatic N) is 3. The van der Waals surface area contributed by atoms with Crippen molar-refractivity contribution in [3.63, 3.8) is 0 Å². The van der Waals surface area contributed by atoms with Crippen molar-refractivity contribution in [2.45, 2.75) is 25.9 Å². The summed E-state index contributed by atoms with van der Waals surface area (Å²) in [5, 5.41) is 3.54. The van der Waals surface area contributed by atoms with E-state index in [2.05, 4.69) is 46.9 Å². The van der Waals surface area contributed by atoms with E-state index in [4.69, 9.17) is 4.98 Å². The first kappa shape index (κ1) is 12.4. The van der Waals surface area contributed by atoms with Crippen LogP contribution in [0.4, 0.5) is 0 Å². The van der Waals surface area contributed by atoms with Gasteiger partial charge in [-0.15, -0.1) is 0 Å². The predicted octanol–water partition coefficient (Wildman–Crippen LogP) is 1.76. The van der Waals surface area contributed by atoms with E-state index in [1.54, 1.807) is 0 Å². The van der Waals surface area contributed by atoms with E-state index in [0.717, 1.165) is 24.0 Å². The molecule has 2 unspecified atom stereocenters. The van der Waals surface area contributed by atoms with Crippen molar-refractivity contribution in [2.24, 2.45) is 11.8 Å². The minimum Gasteiger partial charge on any atom is -0.316 e. The van der Waals surface area contributed by atoms with Gasteiger partial charge in [-0.1, -0.05) is 6.07 Å². The number of pyridine rings is 1. The molecule has 2 fully saturated rings. The van der Waals surface area contributed by atoms with E-state index < -0.39 is 0 Å². The molecule has 2 aromatic rings. The number of rotatable bonds is 2. The van der Waals surface area contributed by atoms with Crippen LogP contribution in [0.25, 0.3) is 5.65 Å². The molecule has 1 N–H and O–H groups in total. The van der Waals surface area contributed by atoms with Gasteiger partial charge in [0.15, 0.2) is 0 Å². The SMILES string of the molecule is CC1(C)C2CNCC2CN1Cc1cn2ccccc2n1. The molecular weight excluding hydrogens is 248 g/mol. The number of fused-ring (bicyclic) bond motifs is 2. The van der Waals surface area contributed by atoms with Gasteiger partial charge in [0, 0.05) is 37.6 Å². The van der Waals surface area contributed by atoms with Crippen molar-refractivity contribution in [2.75, 3.05) is 19.6 Å². The standard InChI is InChI=1S/C16H22N4/c1-16(2)14-8-17-7-12(14)9-20(16)11-13-10-19-6-4-3-5-15(19)18-13/h3-6,10,12,14,17H,7-9,11H2,1-2H3. The molecule has 2 aromatic heterocycles. The third-order valence-corrected chi connectivity index (χ3v) is 5.28. The second kappa shape index (κ2) is 4.30. The maximum absolute atomic E-state index is 4.74. The Bertz CT molecular complexity index is 597. The monoisotopic (exact) mass is 270 g/mol. The van der Waals surface area contributed by atoms with Crippen LogP contribution in [0, 0.1) is 11.8 Å². The molecule has 106 valence electrons. The summed E-state index contributed by atoms with van der Waals surface area (Å²) in [6, 6.07) is 6.16. The van der Waals surface area contributed by atoms with Gasteiger partial charge < -0.3 is 9.72 Å². The first-order valence-corrected chi connectivity index (χ1v) is 7.53. The summed E-state index contributed by atoms with van der Waals surface area (Å²) in [6.45, 7) is 9.27. The Labute approximate surface area is 119 Å².